The van der Waals surface area contributed by atoms with Crippen molar-refractivity contribution in [3.63, 3.8) is 0 Å². The average molecular weight is 730 g/mol. The third-order valence-corrected chi connectivity index (χ3v) is 11.0. The molecule has 0 aliphatic rings. The van der Waals surface area contributed by atoms with Crippen LogP contribution in [-0.4, -0.2) is 9.55 Å². The topological polar surface area (TPSA) is 34.2 Å². The molecule has 2 aromatic heterocycles. The van der Waals surface area contributed by atoms with E-state index in [9.17, 15) is 0 Å². The minimum Gasteiger partial charge on any atom is -0.435 e. The number of anilines is 3. The van der Waals surface area contributed by atoms with Gasteiger partial charge in [-0.25, -0.2) is 4.98 Å². The molecule has 0 N–H and O–H groups in total. The number of hydrogen-bond donors (Lipinski definition) is 0. The Kier molecular flexibility index (Phi) is 7.78. The van der Waals surface area contributed by atoms with Crippen LogP contribution in [0.4, 0.5) is 17.1 Å². The summed E-state index contributed by atoms with van der Waals surface area (Å²) in [5.74, 6) is 0.619. The van der Waals surface area contributed by atoms with Crippen LogP contribution in [0.2, 0.25) is 0 Å². The van der Waals surface area contributed by atoms with Crippen LogP contribution in [0.3, 0.4) is 0 Å². The van der Waals surface area contributed by atoms with Crippen molar-refractivity contribution in [2.45, 2.75) is 0 Å². The van der Waals surface area contributed by atoms with Gasteiger partial charge < -0.3 is 13.9 Å². The standard InChI is InChI=1S/C53H35N3O/c1-4-15-36(16-5-1)39-20-14-23-43(33-39)55(44-31-32-50-48(35-44)46-25-12-13-26-49(46)56(50)41-21-8-3-9-22-41)42-29-27-37(28-30-42)47-34-40-19-10-11-24-45(40)52-51(47)54-53(57-52)38-17-6-2-7-18-38/h1-35H. The summed E-state index contributed by atoms with van der Waals surface area (Å²) in [5, 5.41) is 4.58. The van der Waals surface area contributed by atoms with Gasteiger partial charge in [-0.1, -0.05) is 133 Å². The van der Waals surface area contributed by atoms with E-state index >= 15 is 0 Å². The van der Waals surface area contributed by atoms with Gasteiger partial charge in [-0.05, 0) is 101 Å². The van der Waals surface area contributed by atoms with Crippen LogP contribution in [-0.2, 0) is 0 Å². The van der Waals surface area contributed by atoms with Crippen molar-refractivity contribution in [3.05, 3.63) is 212 Å². The highest BCUT2D eigenvalue weighted by Crippen LogP contribution is 2.43. The van der Waals surface area contributed by atoms with Crippen molar-refractivity contribution < 1.29 is 4.42 Å². The molecule has 4 heteroatoms. The van der Waals surface area contributed by atoms with Crippen LogP contribution in [0.1, 0.15) is 0 Å². The molecule has 4 nitrogen and oxygen atoms in total. The second-order valence-electron chi connectivity index (χ2n) is 14.4. The summed E-state index contributed by atoms with van der Waals surface area (Å²) >= 11 is 0. The monoisotopic (exact) mass is 729 g/mol. The Morgan fingerprint density at radius 1 is 0.404 bits per heavy atom. The zero-order valence-corrected chi connectivity index (χ0v) is 31.0. The first kappa shape index (κ1) is 32.7. The molecule has 11 aromatic rings. The Balaban J connectivity index is 1.08. The zero-order valence-electron chi connectivity index (χ0n) is 31.0. The van der Waals surface area contributed by atoms with E-state index in [4.69, 9.17) is 9.40 Å². The lowest BCUT2D eigenvalue weighted by atomic mass is 9.99. The molecular weight excluding hydrogens is 695 g/mol. The molecule has 0 saturated carbocycles. The fraction of sp³-hybridized carbons (Fsp3) is 0. The first-order chi connectivity index (χ1) is 28.3. The lowest BCUT2D eigenvalue weighted by Gasteiger charge is -2.26. The van der Waals surface area contributed by atoms with Crippen LogP contribution >= 0.6 is 0 Å². The molecule has 0 unspecified atom stereocenters. The Hall–Kier alpha value is -7.69. The van der Waals surface area contributed by atoms with E-state index in [-0.39, 0.29) is 0 Å². The van der Waals surface area contributed by atoms with Crippen molar-refractivity contribution in [2.24, 2.45) is 0 Å². The first-order valence-electron chi connectivity index (χ1n) is 19.3. The number of para-hydroxylation sites is 2. The van der Waals surface area contributed by atoms with Crippen molar-refractivity contribution in [1.29, 1.82) is 0 Å². The summed E-state index contributed by atoms with van der Waals surface area (Å²) in [6.45, 7) is 0. The van der Waals surface area contributed by atoms with E-state index in [0.29, 0.717) is 5.89 Å². The molecule has 0 amide bonds. The SMILES string of the molecule is c1ccc(-c2cccc(N(c3ccc(-c4cc5ccccc5c5oc(-c6ccccc6)nc45)cc3)c3ccc4c(c3)c3ccccc3n4-c3ccccc3)c2)cc1. The van der Waals surface area contributed by atoms with E-state index in [1.165, 1.54) is 27.4 Å². The van der Waals surface area contributed by atoms with Gasteiger partial charge >= 0.3 is 0 Å². The van der Waals surface area contributed by atoms with Gasteiger partial charge in [-0.15, -0.1) is 0 Å². The van der Waals surface area contributed by atoms with Gasteiger partial charge in [0.15, 0.2) is 5.58 Å². The van der Waals surface area contributed by atoms with Crippen LogP contribution in [0.25, 0.3) is 83.1 Å². The molecule has 2 heterocycles. The number of benzene rings is 9. The fourth-order valence-corrected chi connectivity index (χ4v) is 8.31. The van der Waals surface area contributed by atoms with Gasteiger partial charge in [0.05, 0.1) is 11.0 Å². The number of aromatic nitrogens is 2. The minimum atomic E-state index is 0.619. The van der Waals surface area contributed by atoms with Crippen molar-refractivity contribution in [3.8, 4) is 39.4 Å². The second-order valence-corrected chi connectivity index (χ2v) is 14.4. The summed E-state index contributed by atoms with van der Waals surface area (Å²) < 4.78 is 8.89. The van der Waals surface area contributed by atoms with E-state index < -0.39 is 0 Å². The normalized spacial score (nSPS) is 11.5. The molecule has 0 saturated heterocycles. The molecule has 0 atom stereocenters. The fourth-order valence-electron chi connectivity index (χ4n) is 8.31. The van der Waals surface area contributed by atoms with Crippen LogP contribution in [0.15, 0.2) is 217 Å². The van der Waals surface area contributed by atoms with E-state index in [1.807, 2.05) is 30.3 Å². The molecule has 57 heavy (non-hydrogen) atoms. The van der Waals surface area contributed by atoms with E-state index in [2.05, 4.69) is 191 Å². The Morgan fingerprint density at radius 2 is 1.02 bits per heavy atom. The maximum absolute atomic E-state index is 6.53. The highest BCUT2D eigenvalue weighted by atomic mass is 16.3. The number of nitrogens with zero attached hydrogens (tertiary/aromatic N) is 3. The number of oxazole rings is 1. The molecule has 0 bridgehead atoms. The van der Waals surface area contributed by atoms with Crippen molar-refractivity contribution in [2.75, 3.05) is 4.90 Å². The summed E-state index contributed by atoms with van der Waals surface area (Å²) in [7, 11) is 0. The maximum Gasteiger partial charge on any atom is 0.227 e. The van der Waals surface area contributed by atoms with Crippen molar-refractivity contribution >= 4 is 60.7 Å². The maximum atomic E-state index is 6.53. The largest absolute Gasteiger partial charge is 0.435 e. The molecule has 0 aliphatic heterocycles. The van der Waals surface area contributed by atoms with Crippen molar-refractivity contribution in [1.82, 2.24) is 9.55 Å². The zero-order chi connectivity index (χ0) is 37.7. The average Bonchev–Trinajstić information content (AvgIpc) is 3.88. The van der Waals surface area contributed by atoms with Gasteiger partial charge in [-0.2, -0.15) is 0 Å². The molecule has 0 aliphatic carbocycles. The molecule has 0 radical (unpaired) electrons. The number of fused-ring (bicyclic) bond motifs is 6. The highest BCUT2D eigenvalue weighted by Gasteiger charge is 2.20. The Labute approximate surface area is 330 Å². The molecule has 268 valence electrons. The molecule has 11 rings (SSSR count). The lowest BCUT2D eigenvalue weighted by molar-refractivity contribution is 0.623. The van der Waals surface area contributed by atoms with Gasteiger partial charge in [0.2, 0.25) is 5.89 Å². The summed E-state index contributed by atoms with van der Waals surface area (Å²) in [5.41, 5.74) is 13.8. The third kappa shape index (κ3) is 5.66. The highest BCUT2D eigenvalue weighted by molar-refractivity contribution is 6.12. The summed E-state index contributed by atoms with van der Waals surface area (Å²) in [6.07, 6.45) is 0. The lowest BCUT2D eigenvalue weighted by Crippen LogP contribution is -2.10. The van der Waals surface area contributed by atoms with E-state index in [0.717, 1.165) is 66.9 Å². The van der Waals surface area contributed by atoms with Gasteiger partial charge in [0.1, 0.15) is 5.52 Å². The van der Waals surface area contributed by atoms with Gasteiger partial charge in [0, 0.05) is 50.0 Å². The van der Waals surface area contributed by atoms with Crippen LogP contribution in [0, 0.1) is 0 Å². The van der Waals surface area contributed by atoms with Gasteiger partial charge in [0.25, 0.3) is 0 Å². The smallest absolute Gasteiger partial charge is 0.227 e. The Morgan fingerprint density at radius 3 is 1.81 bits per heavy atom. The predicted octanol–water partition coefficient (Wildman–Crippen LogP) is 14.5. The molecule has 0 spiro atoms. The molecule has 0 fully saturated rings. The number of rotatable bonds is 7. The number of hydrogen-bond acceptors (Lipinski definition) is 3. The minimum absolute atomic E-state index is 0.619. The Bertz CT molecular complexity index is 3220. The molecular formula is C53H35N3O. The quantitative estimate of drug-likeness (QED) is 0.164. The van der Waals surface area contributed by atoms with Crippen LogP contribution < -0.4 is 4.90 Å². The second kappa shape index (κ2) is 13.6. The third-order valence-electron chi connectivity index (χ3n) is 11.0. The summed E-state index contributed by atoms with van der Waals surface area (Å²) in [4.78, 5) is 7.46. The van der Waals surface area contributed by atoms with E-state index in [1.54, 1.807) is 0 Å². The first-order valence-corrected chi connectivity index (χ1v) is 19.3. The molecule has 9 aromatic carbocycles. The summed E-state index contributed by atoms with van der Waals surface area (Å²) in [6, 6.07) is 75.2. The van der Waals surface area contributed by atoms with Crippen LogP contribution in [0.5, 0.6) is 0 Å². The van der Waals surface area contributed by atoms with Gasteiger partial charge in [-0.3, -0.25) is 0 Å². The predicted molar refractivity (Wildman–Crippen MR) is 237 cm³/mol.